The second-order valence-electron chi connectivity index (χ2n) is 3.38. The van der Waals surface area contributed by atoms with E-state index in [1.807, 2.05) is 19.9 Å². The van der Waals surface area contributed by atoms with Crippen LogP contribution in [0.15, 0.2) is 25.2 Å². The maximum atomic E-state index is 5.37. The van der Waals surface area contributed by atoms with Crippen molar-refractivity contribution in [3.8, 4) is 0 Å². The Kier molecular flexibility index (Phi) is 4.74. The van der Waals surface area contributed by atoms with Crippen molar-refractivity contribution in [3.63, 3.8) is 0 Å². The number of hydrogen-bond donors (Lipinski definition) is 0. The third kappa shape index (κ3) is 6.04. The van der Waals surface area contributed by atoms with Crippen LogP contribution in [0.1, 0.15) is 13.8 Å². The molecule has 70 valence electrons. The van der Waals surface area contributed by atoms with Gasteiger partial charge in [0.2, 0.25) is 9.04 Å². The second-order valence-corrected chi connectivity index (χ2v) is 5.75. The Morgan fingerprint density at radius 3 is 2.33 bits per heavy atom. The average Bonchev–Trinajstić information content (AvgIpc) is 1.85. The smallest absolute Gasteiger partial charge is 0.228 e. The molecule has 0 aromatic rings. The van der Waals surface area contributed by atoms with Crippen molar-refractivity contribution in [2.24, 2.45) is 0 Å². The highest BCUT2D eigenvalue weighted by Crippen LogP contribution is 2.10. The summed E-state index contributed by atoms with van der Waals surface area (Å²) in [5.74, 6) is 0. The summed E-state index contributed by atoms with van der Waals surface area (Å²) in [4.78, 5) is 0. The van der Waals surface area contributed by atoms with E-state index in [0.29, 0.717) is 0 Å². The summed E-state index contributed by atoms with van der Waals surface area (Å²) >= 11 is 0. The number of ether oxygens (including phenoxy) is 1. The number of rotatable bonds is 5. The van der Waals surface area contributed by atoms with Gasteiger partial charge in [-0.2, -0.15) is 0 Å². The standard InChI is InChI=1S/C9H18O2Si/c1-6-10-9(2,3)7-8-11-12(4)5/h6-8,12H,1H2,2-5H3. The first-order valence-corrected chi connectivity index (χ1v) is 6.88. The van der Waals surface area contributed by atoms with Crippen LogP contribution in [0.2, 0.25) is 13.1 Å². The van der Waals surface area contributed by atoms with Gasteiger partial charge >= 0.3 is 0 Å². The predicted molar refractivity (Wildman–Crippen MR) is 54.5 cm³/mol. The van der Waals surface area contributed by atoms with Crippen LogP contribution in [0.5, 0.6) is 0 Å². The molecule has 3 heteroatoms. The molecule has 2 nitrogen and oxygen atoms in total. The van der Waals surface area contributed by atoms with Crippen LogP contribution in [-0.2, 0) is 9.16 Å². The van der Waals surface area contributed by atoms with E-state index in [0.717, 1.165) is 0 Å². The Morgan fingerprint density at radius 2 is 1.92 bits per heavy atom. The highest BCUT2D eigenvalue weighted by Gasteiger charge is 2.12. The Bertz CT molecular complexity index is 162. The van der Waals surface area contributed by atoms with E-state index < -0.39 is 9.04 Å². The molecule has 0 aromatic carbocycles. The van der Waals surface area contributed by atoms with E-state index in [1.165, 1.54) is 6.26 Å². The summed E-state index contributed by atoms with van der Waals surface area (Å²) < 4.78 is 10.6. The van der Waals surface area contributed by atoms with Crippen LogP contribution in [-0.4, -0.2) is 14.6 Å². The first-order valence-electron chi connectivity index (χ1n) is 4.10. The molecule has 0 fully saturated rings. The van der Waals surface area contributed by atoms with Crippen LogP contribution < -0.4 is 0 Å². The first-order chi connectivity index (χ1) is 5.48. The molecule has 0 aliphatic heterocycles. The zero-order valence-electron chi connectivity index (χ0n) is 8.33. The van der Waals surface area contributed by atoms with E-state index in [1.54, 1.807) is 6.26 Å². The molecular weight excluding hydrogens is 168 g/mol. The second kappa shape index (κ2) is 5.03. The molecule has 0 unspecified atom stereocenters. The fourth-order valence-electron chi connectivity index (χ4n) is 0.614. The third-order valence-corrected chi connectivity index (χ3v) is 1.91. The van der Waals surface area contributed by atoms with Crippen molar-refractivity contribution in [2.45, 2.75) is 32.5 Å². The molecular formula is C9H18O2Si. The summed E-state index contributed by atoms with van der Waals surface area (Å²) in [5.41, 5.74) is -0.314. The van der Waals surface area contributed by atoms with Gasteiger partial charge in [0.15, 0.2) is 0 Å². The summed E-state index contributed by atoms with van der Waals surface area (Å²) in [5, 5.41) is 0. The molecule has 0 bridgehead atoms. The van der Waals surface area contributed by atoms with Gasteiger partial charge in [-0.1, -0.05) is 6.58 Å². The van der Waals surface area contributed by atoms with Crippen LogP contribution >= 0.6 is 0 Å². The lowest BCUT2D eigenvalue weighted by atomic mass is 10.1. The molecule has 0 amide bonds. The van der Waals surface area contributed by atoms with Crippen molar-refractivity contribution in [1.29, 1.82) is 0 Å². The number of hydrogen-bond acceptors (Lipinski definition) is 2. The summed E-state index contributed by atoms with van der Waals surface area (Å²) in [6.45, 7) is 11.6. The lowest BCUT2D eigenvalue weighted by Crippen LogP contribution is -2.18. The summed E-state index contributed by atoms with van der Waals surface area (Å²) in [6, 6.07) is 0. The van der Waals surface area contributed by atoms with E-state index in [2.05, 4.69) is 19.7 Å². The zero-order valence-corrected chi connectivity index (χ0v) is 9.49. The van der Waals surface area contributed by atoms with Gasteiger partial charge in [0.1, 0.15) is 5.60 Å². The zero-order chi connectivity index (χ0) is 9.61. The SMILES string of the molecule is C=COC(C)(C)C=CO[SiH](C)C. The Balaban J connectivity index is 3.86. The van der Waals surface area contributed by atoms with Gasteiger partial charge in [0.25, 0.3) is 0 Å². The molecule has 0 radical (unpaired) electrons. The van der Waals surface area contributed by atoms with E-state index in [4.69, 9.17) is 9.16 Å². The molecule has 0 aromatic heterocycles. The van der Waals surface area contributed by atoms with Crippen molar-refractivity contribution in [2.75, 3.05) is 0 Å². The quantitative estimate of drug-likeness (QED) is 0.485. The van der Waals surface area contributed by atoms with E-state index >= 15 is 0 Å². The maximum absolute atomic E-state index is 5.37. The monoisotopic (exact) mass is 186 g/mol. The van der Waals surface area contributed by atoms with Crippen molar-refractivity contribution in [1.82, 2.24) is 0 Å². The molecule has 0 aliphatic carbocycles. The van der Waals surface area contributed by atoms with Gasteiger partial charge in [-0.15, -0.1) is 0 Å². The predicted octanol–water partition coefficient (Wildman–Crippen LogP) is 2.44. The summed E-state index contributed by atoms with van der Waals surface area (Å²) in [7, 11) is -0.948. The van der Waals surface area contributed by atoms with Gasteiger partial charge in [0, 0.05) is 0 Å². The first kappa shape index (κ1) is 11.3. The Hall–Kier alpha value is -0.703. The fraction of sp³-hybridized carbons (Fsp3) is 0.556. The van der Waals surface area contributed by atoms with Crippen molar-refractivity contribution < 1.29 is 9.16 Å². The molecule has 0 N–H and O–H groups in total. The Morgan fingerprint density at radius 1 is 1.33 bits per heavy atom. The topological polar surface area (TPSA) is 18.5 Å². The highest BCUT2D eigenvalue weighted by atomic mass is 28.3. The van der Waals surface area contributed by atoms with Gasteiger partial charge in [-0.3, -0.25) is 0 Å². The minimum atomic E-state index is -0.948. The normalized spacial score (nSPS) is 12.1. The molecule has 0 aliphatic rings. The fourth-order valence-corrected chi connectivity index (χ4v) is 1.01. The Labute approximate surface area is 76.6 Å². The van der Waals surface area contributed by atoms with Gasteiger partial charge in [-0.25, -0.2) is 0 Å². The minimum absolute atomic E-state index is 0.314. The van der Waals surface area contributed by atoms with Crippen LogP contribution in [0.4, 0.5) is 0 Å². The maximum Gasteiger partial charge on any atom is 0.228 e. The molecule has 0 rings (SSSR count). The van der Waals surface area contributed by atoms with Gasteiger partial charge in [0.05, 0.1) is 12.5 Å². The molecule has 0 heterocycles. The third-order valence-electron chi connectivity index (χ3n) is 1.21. The lowest BCUT2D eigenvalue weighted by molar-refractivity contribution is 0.104. The average molecular weight is 186 g/mol. The van der Waals surface area contributed by atoms with E-state index in [9.17, 15) is 0 Å². The molecule has 0 saturated heterocycles. The lowest BCUT2D eigenvalue weighted by Gasteiger charge is -2.19. The minimum Gasteiger partial charge on any atom is -0.552 e. The largest absolute Gasteiger partial charge is 0.552 e. The van der Waals surface area contributed by atoms with Crippen LogP contribution in [0.3, 0.4) is 0 Å². The van der Waals surface area contributed by atoms with Crippen LogP contribution in [0.25, 0.3) is 0 Å². The van der Waals surface area contributed by atoms with Gasteiger partial charge < -0.3 is 9.16 Å². The summed E-state index contributed by atoms with van der Waals surface area (Å²) in [6.07, 6.45) is 5.05. The molecule has 0 spiro atoms. The molecule has 0 atom stereocenters. The van der Waals surface area contributed by atoms with Crippen molar-refractivity contribution >= 4 is 9.04 Å². The highest BCUT2D eigenvalue weighted by molar-refractivity contribution is 6.48. The van der Waals surface area contributed by atoms with E-state index in [-0.39, 0.29) is 5.60 Å². The molecule has 0 saturated carbocycles. The van der Waals surface area contributed by atoms with Crippen LogP contribution in [0, 0.1) is 0 Å². The van der Waals surface area contributed by atoms with Crippen molar-refractivity contribution in [3.05, 3.63) is 25.2 Å². The van der Waals surface area contributed by atoms with Gasteiger partial charge in [-0.05, 0) is 33.0 Å². The molecule has 12 heavy (non-hydrogen) atoms.